The number of rotatable bonds is 5. The molecule has 1 N–H and O–H groups in total. The van der Waals surface area contributed by atoms with E-state index in [1.807, 2.05) is 0 Å². The van der Waals surface area contributed by atoms with E-state index in [2.05, 4.69) is 0 Å². The second-order valence-corrected chi connectivity index (χ2v) is 6.86. The SMILES string of the molecule is CC(O)CCN(C)C(=O)C1CCCN1S(C)(=O)=O. The Morgan fingerprint density at radius 3 is 2.67 bits per heavy atom. The van der Waals surface area contributed by atoms with E-state index in [1.54, 1.807) is 14.0 Å². The van der Waals surface area contributed by atoms with E-state index in [-0.39, 0.29) is 5.91 Å². The summed E-state index contributed by atoms with van der Waals surface area (Å²) in [6.07, 6.45) is 2.45. The van der Waals surface area contributed by atoms with Crippen LogP contribution in [0, 0.1) is 0 Å². The van der Waals surface area contributed by atoms with Crippen LogP contribution in [-0.2, 0) is 14.8 Å². The van der Waals surface area contributed by atoms with Crippen molar-refractivity contribution in [3.05, 3.63) is 0 Å². The van der Waals surface area contributed by atoms with Crippen LogP contribution in [0.25, 0.3) is 0 Å². The quantitative estimate of drug-likeness (QED) is 0.745. The van der Waals surface area contributed by atoms with Crippen molar-refractivity contribution in [3.8, 4) is 0 Å². The van der Waals surface area contributed by atoms with Gasteiger partial charge in [-0.3, -0.25) is 4.79 Å². The van der Waals surface area contributed by atoms with Gasteiger partial charge >= 0.3 is 0 Å². The molecule has 106 valence electrons. The fourth-order valence-corrected chi connectivity index (χ4v) is 3.25. The number of carbonyl (C=O) groups is 1. The van der Waals surface area contributed by atoms with Crippen LogP contribution in [0.15, 0.2) is 0 Å². The van der Waals surface area contributed by atoms with Gasteiger partial charge in [-0.15, -0.1) is 0 Å². The van der Waals surface area contributed by atoms with Crippen molar-refractivity contribution in [1.29, 1.82) is 0 Å². The van der Waals surface area contributed by atoms with Crippen molar-refractivity contribution in [2.24, 2.45) is 0 Å². The summed E-state index contributed by atoms with van der Waals surface area (Å²) in [5.74, 6) is -0.182. The number of sulfonamides is 1. The molecule has 1 aliphatic rings. The Balaban J connectivity index is 2.65. The number of hydrogen-bond acceptors (Lipinski definition) is 4. The zero-order valence-electron chi connectivity index (χ0n) is 11.2. The topological polar surface area (TPSA) is 77.9 Å². The molecule has 2 unspecified atom stereocenters. The lowest BCUT2D eigenvalue weighted by Gasteiger charge is -2.26. The maximum atomic E-state index is 12.2. The summed E-state index contributed by atoms with van der Waals surface area (Å²) < 4.78 is 24.4. The third-order valence-electron chi connectivity index (χ3n) is 3.17. The molecule has 0 spiro atoms. The molecular weight excluding hydrogens is 256 g/mol. The predicted molar refractivity (Wildman–Crippen MR) is 68.5 cm³/mol. The minimum Gasteiger partial charge on any atom is -0.393 e. The molecule has 1 rings (SSSR count). The lowest BCUT2D eigenvalue weighted by Crippen LogP contribution is -2.46. The highest BCUT2D eigenvalue weighted by Gasteiger charge is 2.37. The average molecular weight is 278 g/mol. The number of aliphatic hydroxyl groups excluding tert-OH is 1. The van der Waals surface area contributed by atoms with Gasteiger partial charge in [0.2, 0.25) is 15.9 Å². The smallest absolute Gasteiger partial charge is 0.240 e. The monoisotopic (exact) mass is 278 g/mol. The molecule has 1 aliphatic heterocycles. The number of aliphatic hydroxyl groups is 1. The van der Waals surface area contributed by atoms with Crippen LogP contribution in [-0.4, -0.2) is 67.2 Å². The molecule has 1 saturated heterocycles. The maximum absolute atomic E-state index is 12.2. The fraction of sp³-hybridized carbons (Fsp3) is 0.909. The second-order valence-electron chi connectivity index (χ2n) is 4.93. The van der Waals surface area contributed by atoms with E-state index in [1.165, 1.54) is 9.21 Å². The van der Waals surface area contributed by atoms with Gasteiger partial charge in [0.25, 0.3) is 0 Å². The minimum absolute atomic E-state index is 0.182. The molecule has 0 aliphatic carbocycles. The van der Waals surface area contributed by atoms with Crippen LogP contribution >= 0.6 is 0 Å². The lowest BCUT2D eigenvalue weighted by atomic mass is 10.2. The number of likely N-dealkylation sites (N-methyl/N-ethyl adjacent to an activating group) is 1. The van der Waals surface area contributed by atoms with Gasteiger partial charge in [-0.05, 0) is 26.2 Å². The molecule has 2 atom stereocenters. The highest BCUT2D eigenvalue weighted by atomic mass is 32.2. The van der Waals surface area contributed by atoms with Crippen molar-refractivity contribution in [2.45, 2.75) is 38.3 Å². The molecule has 0 aromatic rings. The van der Waals surface area contributed by atoms with Crippen molar-refractivity contribution in [2.75, 3.05) is 26.4 Å². The zero-order valence-corrected chi connectivity index (χ0v) is 12.0. The van der Waals surface area contributed by atoms with Gasteiger partial charge in [0, 0.05) is 20.1 Å². The average Bonchev–Trinajstić information content (AvgIpc) is 2.72. The minimum atomic E-state index is -3.33. The van der Waals surface area contributed by atoms with E-state index in [0.29, 0.717) is 32.4 Å². The normalized spacial score (nSPS) is 23.0. The molecule has 6 nitrogen and oxygen atoms in total. The first-order chi connectivity index (χ1) is 8.23. The van der Waals surface area contributed by atoms with Crippen molar-refractivity contribution in [3.63, 3.8) is 0 Å². The summed E-state index contributed by atoms with van der Waals surface area (Å²) in [4.78, 5) is 13.7. The molecule has 0 aromatic heterocycles. The highest BCUT2D eigenvalue weighted by Crippen LogP contribution is 2.21. The van der Waals surface area contributed by atoms with Gasteiger partial charge in [0.05, 0.1) is 12.4 Å². The summed E-state index contributed by atoms with van der Waals surface area (Å²) in [5, 5.41) is 9.19. The van der Waals surface area contributed by atoms with Crippen LogP contribution < -0.4 is 0 Å². The third-order valence-corrected chi connectivity index (χ3v) is 4.46. The maximum Gasteiger partial charge on any atom is 0.240 e. The van der Waals surface area contributed by atoms with Gasteiger partial charge in [0.1, 0.15) is 6.04 Å². The molecule has 1 fully saturated rings. The summed E-state index contributed by atoms with van der Waals surface area (Å²) in [6.45, 7) is 2.51. The summed E-state index contributed by atoms with van der Waals surface area (Å²) >= 11 is 0. The first-order valence-corrected chi connectivity index (χ1v) is 7.98. The summed E-state index contributed by atoms with van der Waals surface area (Å²) in [7, 11) is -1.68. The van der Waals surface area contributed by atoms with Crippen LogP contribution in [0.4, 0.5) is 0 Å². The molecular formula is C11H22N2O4S. The second kappa shape index (κ2) is 5.99. The number of nitrogens with zero attached hydrogens (tertiary/aromatic N) is 2. The Bertz CT molecular complexity index is 394. The van der Waals surface area contributed by atoms with Crippen LogP contribution in [0.1, 0.15) is 26.2 Å². The molecule has 7 heteroatoms. The van der Waals surface area contributed by atoms with E-state index in [0.717, 1.165) is 6.26 Å². The number of carbonyl (C=O) groups excluding carboxylic acids is 1. The Hall–Kier alpha value is -0.660. The van der Waals surface area contributed by atoms with Gasteiger partial charge in [0.15, 0.2) is 0 Å². The Kier molecular flexibility index (Phi) is 5.12. The highest BCUT2D eigenvalue weighted by molar-refractivity contribution is 7.88. The van der Waals surface area contributed by atoms with Crippen molar-refractivity contribution >= 4 is 15.9 Å². The number of hydrogen-bond donors (Lipinski definition) is 1. The first kappa shape index (κ1) is 15.4. The van der Waals surface area contributed by atoms with Crippen LogP contribution in [0.2, 0.25) is 0 Å². The largest absolute Gasteiger partial charge is 0.393 e. The van der Waals surface area contributed by atoms with Crippen molar-refractivity contribution in [1.82, 2.24) is 9.21 Å². The van der Waals surface area contributed by atoms with Crippen LogP contribution in [0.3, 0.4) is 0 Å². The lowest BCUT2D eigenvalue weighted by molar-refractivity contribution is -0.133. The standard InChI is InChI=1S/C11H22N2O4S/c1-9(14)6-8-12(2)11(15)10-5-4-7-13(10)18(3,16)17/h9-10,14H,4-8H2,1-3H3. The molecule has 1 heterocycles. The number of amides is 1. The molecule has 0 aromatic carbocycles. The molecule has 1 amide bonds. The van der Waals surface area contributed by atoms with E-state index in [9.17, 15) is 18.3 Å². The van der Waals surface area contributed by atoms with Gasteiger partial charge in [-0.1, -0.05) is 0 Å². The predicted octanol–water partition coefficient (Wildman–Crippen LogP) is -0.360. The molecule has 18 heavy (non-hydrogen) atoms. The van der Waals surface area contributed by atoms with Gasteiger partial charge in [-0.25, -0.2) is 8.42 Å². The third kappa shape index (κ3) is 3.93. The summed E-state index contributed by atoms with van der Waals surface area (Å²) in [5.41, 5.74) is 0. The van der Waals surface area contributed by atoms with Gasteiger partial charge < -0.3 is 10.0 Å². The fourth-order valence-electron chi connectivity index (χ4n) is 2.13. The Labute approximate surface area is 109 Å². The van der Waals surface area contributed by atoms with E-state index in [4.69, 9.17) is 0 Å². The molecule has 0 saturated carbocycles. The first-order valence-electron chi connectivity index (χ1n) is 6.13. The van der Waals surface area contributed by atoms with Crippen molar-refractivity contribution < 1.29 is 18.3 Å². The Morgan fingerprint density at radius 2 is 2.17 bits per heavy atom. The van der Waals surface area contributed by atoms with E-state index < -0.39 is 22.2 Å². The van der Waals surface area contributed by atoms with Crippen LogP contribution in [0.5, 0.6) is 0 Å². The zero-order chi connectivity index (χ0) is 13.9. The van der Waals surface area contributed by atoms with Gasteiger partial charge in [-0.2, -0.15) is 4.31 Å². The summed E-state index contributed by atoms with van der Waals surface area (Å²) in [6, 6.07) is -0.570. The molecule has 0 bridgehead atoms. The Morgan fingerprint density at radius 1 is 1.56 bits per heavy atom. The van der Waals surface area contributed by atoms with E-state index >= 15 is 0 Å². The molecule has 0 radical (unpaired) electrons.